The first-order valence-corrected chi connectivity index (χ1v) is 11.2. The van der Waals surface area contributed by atoms with Crippen molar-refractivity contribution in [2.45, 2.75) is 32.1 Å². The van der Waals surface area contributed by atoms with Gasteiger partial charge >= 0.3 is 0 Å². The fourth-order valence-corrected chi connectivity index (χ4v) is 4.00. The van der Waals surface area contributed by atoms with Gasteiger partial charge in [-0.05, 0) is 57.1 Å². The van der Waals surface area contributed by atoms with E-state index in [4.69, 9.17) is 11.6 Å². The SMILES string of the molecule is O=C(Nc1ccccc1C(=O)NCCCN1CCCCCC1)c1ccc([N+](=O)[O-])cc1Cl. The number of nitro benzene ring substituents is 1. The van der Waals surface area contributed by atoms with E-state index in [1.54, 1.807) is 24.3 Å². The van der Waals surface area contributed by atoms with Crippen LogP contribution in [0.5, 0.6) is 0 Å². The Morgan fingerprint density at radius 1 is 1.00 bits per heavy atom. The lowest BCUT2D eigenvalue weighted by atomic mass is 10.1. The van der Waals surface area contributed by atoms with E-state index in [0.717, 1.165) is 32.1 Å². The molecule has 2 amide bonds. The van der Waals surface area contributed by atoms with Crippen LogP contribution >= 0.6 is 11.6 Å². The zero-order valence-corrected chi connectivity index (χ0v) is 18.6. The summed E-state index contributed by atoms with van der Waals surface area (Å²) < 4.78 is 0. The Labute approximate surface area is 192 Å². The molecule has 1 fully saturated rings. The van der Waals surface area contributed by atoms with Gasteiger partial charge in [-0.2, -0.15) is 0 Å². The normalized spacial score (nSPS) is 14.4. The summed E-state index contributed by atoms with van der Waals surface area (Å²) in [4.78, 5) is 38.1. The van der Waals surface area contributed by atoms with Gasteiger partial charge in [0.15, 0.2) is 0 Å². The molecule has 0 aromatic heterocycles. The third-order valence-corrected chi connectivity index (χ3v) is 5.78. The Balaban J connectivity index is 1.58. The fourth-order valence-electron chi connectivity index (χ4n) is 3.74. The van der Waals surface area contributed by atoms with Crippen molar-refractivity contribution in [3.8, 4) is 0 Å². The Morgan fingerprint density at radius 2 is 1.72 bits per heavy atom. The Hall–Kier alpha value is -2.97. The number of likely N-dealkylation sites (tertiary alicyclic amines) is 1. The van der Waals surface area contributed by atoms with Crippen LogP contribution in [0.3, 0.4) is 0 Å². The number of hydrogen-bond acceptors (Lipinski definition) is 5. The highest BCUT2D eigenvalue weighted by Gasteiger charge is 2.18. The number of amides is 2. The predicted octanol–water partition coefficient (Wildman–Crippen LogP) is 4.50. The van der Waals surface area contributed by atoms with Gasteiger partial charge in [0.2, 0.25) is 0 Å². The average Bonchev–Trinajstić information content (AvgIpc) is 3.05. The third-order valence-electron chi connectivity index (χ3n) is 5.46. The topological polar surface area (TPSA) is 105 Å². The Bertz CT molecular complexity index is 974. The zero-order valence-electron chi connectivity index (χ0n) is 17.8. The average molecular weight is 459 g/mol. The highest BCUT2D eigenvalue weighted by Crippen LogP contribution is 2.24. The minimum atomic E-state index is -0.583. The van der Waals surface area contributed by atoms with Crippen molar-refractivity contribution in [3.05, 3.63) is 68.7 Å². The number of carbonyl (C=O) groups excluding carboxylic acids is 2. The van der Waals surface area contributed by atoms with E-state index in [1.807, 2.05) is 0 Å². The molecular formula is C23H27ClN4O4. The van der Waals surface area contributed by atoms with Crippen LogP contribution in [0.25, 0.3) is 0 Å². The van der Waals surface area contributed by atoms with E-state index >= 15 is 0 Å². The fraction of sp³-hybridized carbons (Fsp3) is 0.391. The van der Waals surface area contributed by atoms with Gasteiger partial charge in [-0.3, -0.25) is 19.7 Å². The van der Waals surface area contributed by atoms with Crippen LogP contribution in [-0.2, 0) is 0 Å². The van der Waals surface area contributed by atoms with E-state index < -0.39 is 10.8 Å². The summed E-state index contributed by atoms with van der Waals surface area (Å²) in [6, 6.07) is 10.3. The molecule has 0 spiro atoms. The lowest BCUT2D eigenvalue weighted by Crippen LogP contribution is -2.31. The second-order valence-electron chi connectivity index (χ2n) is 7.79. The molecule has 2 aromatic rings. The summed E-state index contributed by atoms with van der Waals surface area (Å²) in [6.07, 6.45) is 5.91. The summed E-state index contributed by atoms with van der Waals surface area (Å²) in [5, 5.41) is 16.4. The van der Waals surface area contributed by atoms with Gasteiger partial charge in [-0.15, -0.1) is 0 Å². The maximum Gasteiger partial charge on any atom is 0.270 e. The van der Waals surface area contributed by atoms with Crippen LogP contribution in [0.1, 0.15) is 52.8 Å². The monoisotopic (exact) mass is 458 g/mol. The molecule has 3 rings (SSSR count). The summed E-state index contributed by atoms with van der Waals surface area (Å²) in [5.41, 5.74) is 0.571. The summed E-state index contributed by atoms with van der Waals surface area (Å²) in [5.74, 6) is -0.821. The van der Waals surface area contributed by atoms with Gasteiger partial charge in [-0.1, -0.05) is 36.6 Å². The maximum atomic E-state index is 12.7. The van der Waals surface area contributed by atoms with E-state index in [0.29, 0.717) is 17.8 Å². The number of hydrogen-bond donors (Lipinski definition) is 2. The summed E-state index contributed by atoms with van der Waals surface area (Å²) >= 11 is 6.05. The van der Waals surface area contributed by atoms with Crippen LogP contribution in [0.4, 0.5) is 11.4 Å². The number of nitrogens with zero attached hydrogens (tertiary/aromatic N) is 2. The van der Waals surface area contributed by atoms with Gasteiger partial charge in [-0.25, -0.2) is 0 Å². The van der Waals surface area contributed by atoms with E-state index in [1.165, 1.54) is 37.8 Å². The number of non-ortho nitro benzene ring substituents is 1. The molecule has 2 N–H and O–H groups in total. The molecule has 8 nitrogen and oxygen atoms in total. The molecule has 1 saturated heterocycles. The zero-order chi connectivity index (χ0) is 22.9. The molecular weight excluding hydrogens is 432 g/mol. The number of anilines is 1. The number of benzene rings is 2. The molecule has 1 heterocycles. The number of para-hydroxylation sites is 1. The van der Waals surface area contributed by atoms with Crippen molar-refractivity contribution in [2.75, 3.05) is 31.5 Å². The molecule has 0 atom stereocenters. The number of nitro groups is 1. The first-order valence-electron chi connectivity index (χ1n) is 10.8. The molecule has 2 aromatic carbocycles. The second kappa shape index (κ2) is 11.6. The molecule has 0 aliphatic carbocycles. The van der Waals surface area contributed by atoms with Crippen molar-refractivity contribution in [3.63, 3.8) is 0 Å². The summed E-state index contributed by atoms with van der Waals surface area (Å²) in [7, 11) is 0. The first-order chi connectivity index (χ1) is 15.5. The van der Waals surface area contributed by atoms with Crippen molar-refractivity contribution >= 4 is 34.8 Å². The molecule has 0 unspecified atom stereocenters. The molecule has 170 valence electrons. The lowest BCUT2D eigenvalue weighted by Gasteiger charge is -2.19. The predicted molar refractivity (Wildman–Crippen MR) is 124 cm³/mol. The third kappa shape index (κ3) is 6.51. The number of halogens is 1. The molecule has 9 heteroatoms. The minimum absolute atomic E-state index is 0.0351. The molecule has 0 radical (unpaired) electrons. The Kier molecular flexibility index (Phi) is 8.58. The smallest absolute Gasteiger partial charge is 0.270 e. The van der Waals surface area contributed by atoms with Crippen molar-refractivity contribution in [2.24, 2.45) is 0 Å². The van der Waals surface area contributed by atoms with E-state index in [-0.39, 0.29) is 22.2 Å². The molecule has 32 heavy (non-hydrogen) atoms. The number of rotatable bonds is 8. The standard InChI is InChI=1S/C23H27ClN4O4/c24-20-16-17(28(31)32)10-11-18(20)23(30)26-21-9-4-3-8-19(21)22(29)25-12-7-15-27-13-5-1-2-6-14-27/h3-4,8-11,16H,1-2,5-7,12-15H2,(H,25,29)(H,26,30). The van der Waals surface area contributed by atoms with Crippen LogP contribution < -0.4 is 10.6 Å². The van der Waals surface area contributed by atoms with Crippen LogP contribution in [0, 0.1) is 10.1 Å². The first kappa shape index (κ1) is 23.7. The van der Waals surface area contributed by atoms with E-state index in [2.05, 4.69) is 15.5 Å². The lowest BCUT2D eigenvalue weighted by molar-refractivity contribution is -0.384. The quantitative estimate of drug-likeness (QED) is 0.344. The van der Waals surface area contributed by atoms with Gasteiger partial charge in [0, 0.05) is 18.7 Å². The number of carbonyl (C=O) groups is 2. The second-order valence-corrected chi connectivity index (χ2v) is 8.19. The molecule has 0 saturated carbocycles. The highest BCUT2D eigenvalue weighted by molar-refractivity contribution is 6.34. The molecule has 1 aliphatic heterocycles. The van der Waals surface area contributed by atoms with Gasteiger partial charge in [0.25, 0.3) is 17.5 Å². The summed E-state index contributed by atoms with van der Waals surface area (Å²) in [6.45, 7) is 3.74. The van der Waals surface area contributed by atoms with Crippen molar-refractivity contribution in [1.29, 1.82) is 0 Å². The van der Waals surface area contributed by atoms with Gasteiger partial charge < -0.3 is 15.5 Å². The molecule has 1 aliphatic rings. The van der Waals surface area contributed by atoms with Crippen molar-refractivity contribution < 1.29 is 14.5 Å². The highest BCUT2D eigenvalue weighted by atomic mass is 35.5. The maximum absolute atomic E-state index is 12.7. The Morgan fingerprint density at radius 3 is 2.41 bits per heavy atom. The molecule has 0 bridgehead atoms. The van der Waals surface area contributed by atoms with Crippen LogP contribution in [-0.4, -0.2) is 47.8 Å². The van der Waals surface area contributed by atoms with Crippen LogP contribution in [0.15, 0.2) is 42.5 Å². The van der Waals surface area contributed by atoms with Crippen molar-refractivity contribution in [1.82, 2.24) is 10.2 Å². The largest absolute Gasteiger partial charge is 0.352 e. The minimum Gasteiger partial charge on any atom is -0.352 e. The van der Waals surface area contributed by atoms with E-state index in [9.17, 15) is 19.7 Å². The number of nitrogens with one attached hydrogen (secondary N) is 2. The van der Waals surface area contributed by atoms with Crippen LogP contribution in [0.2, 0.25) is 5.02 Å². The van der Waals surface area contributed by atoms with Gasteiger partial charge in [0.1, 0.15) is 0 Å². The van der Waals surface area contributed by atoms with Gasteiger partial charge in [0.05, 0.1) is 26.8 Å².